The molecule has 1 aliphatic heterocycles. The zero-order valence-electron chi connectivity index (χ0n) is 9.75. The van der Waals surface area contributed by atoms with Gasteiger partial charge in [0, 0.05) is 13.1 Å². The van der Waals surface area contributed by atoms with Gasteiger partial charge in [-0.3, -0.25) is 4.90 Å². The van der Waals surface area contributed by atoms with Gasteiger partial charge in [-0.05, 0) is 18.3 Å². The molecule has 1 rings (SSSR count). The van der Waals surface area contributed by atoms with Gasteiger partial charge >= 0.3 is 0 Å². The minimum atomic E-state index is -0.429. The van der Waals surface area contributed by atoms with E-state index in [0.29, 0.717) is 11.3 Å². The van der Waals surface area contributed by atoms with Crippen LogP contribution < -0.4 is 0 Å². The minimum absolute atomic E-state index is 0.0281. The molecule has 84 valence electrons. The van der Waals surface area contributed by atoms with Crippen LogP contribution in [0.3, 0.4) is 0 Å². The average molecular weight is 201 g/mol. The third kappa shape index (κ3) is 2.10. The Kier molecular flexibility index (Phi) is 3.24. The van der Waals surface area contributed by atoms with Gasteiger partial charge in [-0.2, -0.15) is 0 Å². The van der Waals surface area contributed by atoms with Crippen LogP contribution >= 0.6 is 0 Å². The van der Waals surface area contributed by atoms with Gasteiger partial charge in [0.2, 0.25) is 0 Å². The number of hydrogen-bond donors (Lipinski definition) is 2. The standard InChI is InChI=1S/C11H23NO2/c1-10(2,3)9-5-12(6-9)11(4,7-13)8-14/h9,13-14H,5-8H2,1-4H3. The lowest BCUT2D eigenvalue weighted by Crippen LogP contribution is -2.64. The number of rotatable bonds is 3. The van der Waals surface area contributed by atoms with Gasteiger partial charge in [0.25, 0.3) is 0 Å². The van der Waals surface area contributed by atoms with Gasteiger partial charge in [-0.25, -0.2) is 0 Å². The second-order valence-corrected chi connectivity index (χ2v) is 5.78. The van der Waals surface area contributed by atoms with Crippen LogP contribution in [0.2, 0.25) is 0 Å². The molecule has 1 saturated heterocycles. The average Bonchev–Trinajstić information content (AvgIpc) is 1.98. The van der Waals surface area contributed by atoms with Crippen LogP contribution in [0.1, 0.15) is 27.7 Å². The molecular formula is C11H23NO2. The van der Waals surface area contributed by atoms with Gasteiger partial charge in [0.15, 0.2) is 0 Å². The van der Waals surface area contributed by atoms with Crippen molar-refractivity contribution < 1.29 is 10.2 Å². The van der Waals surface area contributed by atoms with E-state index in [-0.39, 0.29) is 13.2 Å². The largest absolute Gasteiger partial charge is 0.394 e. The van der Waals surface area contributed by atoms with E-state index in [0.717, 1.165) is 13.1 Å². The minimum Gasteiger partial charge on any atom is -0.394 e. The van der Waals surface area contributed by atoms with Crippen molar-refractivity contribution in [1.82, 2.24) is 4.90 Å². The molecule has 0 bridgehead atoms. The van der Waals surface area contributed by atoms with E-state index in [1.807, 2.05) is 6.92 Å². The SMILES string of the molecule is CC(C)(C)C1CN(C(C)(CO)CO)C1. The molecule has 0 aliphatic carbocycles. The molecule has 3 heteroatoms. The van der Waals surface area contributed by atoms with Crippen LogP contribution in [0.25, 0.3) is 0 Å². The highest BCUT2D eigenvalue weighted by Gasteiger charge is 2.43. The van der Waals surface area contributed by atoms with E-state index < -0.39 is 5.54 Å². The van der Waals surface area contributed by atoms with Gasteiger partial charge in [0.05, 0.1) is 18.8 Å². The normalized spacial score (nSPS) is 21.0. The van der Waals surface area contributed by atoms with Crippen molar-refractivity contribution >= 4 is 0 Å². The van der Waals surface area contributed by atoms with Crippen LogP contribution in [0, 0.1) is 11.3 Å². The lowest BCUT2D eigenvalue weighted by molar-refractivity contribution is -0.0896. The summed E-state index contributed by atoms with van der Waals surface area (Å²) in [5.74, 6) is 0.680. The van der Waals surface area contributed by atoms with Gasteiger partial charge in [-0.15, -0.1) is 0 Å². The molecule has 0 unspecified atom stereocenters. The maximum absolute atomic E-state index is 9.21. The molecule has 2 N–H and O–H groups in total. The van der Waals surface area contributed by atoms with Gasteiger partial charge in [-0.1, -0.05) is 20.8 Å². The van der Waals surface area contributed by atoms with Crippen LogP contribution in [0.5, 0.6) is 0 Å². The summed E-state index contributed by atoms with van der Waals surface area (Å²) >= 11 is 0. The fourth-order valence-electron chi connectivity index (χ4n) is 1.72. The Labute approximate surface area is 86.7 Å². The number of hydrogen-bond acceptors (Lipinski definition) is 3. The third-order valence-electron chi connectivity index (χ3n) is 3.55. The summed E-state index contributed by atoms with van der Waals surface area (Å²) in [5.41, 5.74) is -0.0932. The third-order valence-corrected chi connectivity index (χ3v) is 3.55. The Morgan fingerprint density at radius 1 is 1.07 bits per heavy atom. The van der Waals surface area contributed by atoms with Crippen molar-refractivity contribution in [2.45, 2.75) is 33.2 Å². The molecule has 0 aromatic carbocycles. The molecular weight excluding hydrogens is 178 g/mol. The van der Waals surface area contributed by atoms with E-state index >= 15 is 0 Å². The van der Waals surface area contributed by atoms with Gasteiger partial charge < -0.3 is 10.2 Å². The van der Waals surface area contributed by atoms with E-state index in [2.05, 4.69) is 25.7 Å². The van der Waals surface area contributed by atoms with E-state index in [4.69, 9.17) is 0 Å². The Morgan fingerprint density at radius 2 is 1.50 bits per heavy atom. The molecule has 0 atom stereocenters. The molecule has 1 fully saturated rings. The smallest absolute Gasteiger partial charge is 0.0644 e. The quantitative estimate of drug-likeness (QED) is 0.706. The number of likely N-dealkylation sites (tertiary alicyclic amines) is 1. The molecule has 0 radical (unpaired) electrons. The molecule has 0 amide bonds. The lowest BCUT2D eigenvalue weighted by Gasteiger charge is -2.53. The fourth-order valence-corrected chi connectivity index (χ4v) is 1.72. The maximum Gasteiger partial charge on any atom is 0.0644 e. The van der Waals surface area contributed by atoms with Gasteiger partial charge in [0.1, 0.15) is 0 Å². The van der Waals surface area contributed by atoms with E-state index in [1.54, 1.807) is 0 Å². The zero-order valence-corrected chi connectivity index (χ0v) is 9.75. The van der Waals surface area contributed by atoms with Crippen molar-refractivity contribution in [2.75, 3.05) is 26.3 Å². The van der Waals surface area contributed by atoms with Crippen LogP contribution in [-0.2, 0) is 0 Å². The molecule has 14 heavy (non-hydrogen) atoms. The van der Waals surface area contributed by atoms with Crippen molar-refractivity contribution in [3.8, 4) is 0 Å². The van der Waals surface area contributed by atoms with Crippen molar-refractivity contribution in [2.24, 2.45) is 11.3 Å². The van der Waals surface area contributed by atoms with Crippen molar-refractivity contribution in [3.63, 3.8) is 0 Å². The highest BCUT2D eigenvalue weighted by Crippen LogP contribution is 2.36. The van der Waals surface area contributed by atoms with Crippen molar-refractivity contribution in [1.29, 1.82) is 0 Å². The second kappa shape index (κ2) is 3.80. The predicted molar refractivity (Wildman–Crippen MR) is 57.1 cm³/mol. The predicted octanol–water partition coefficient (Wildman–Crippen LogP) is 0.708. The number of nitrogens with zero attached hydrogens (tertiary/aromatic N) is 1. The summed E-state index contributed by atoms with van der Waals surface area (Å²) < 4.78 is 0. The molecule has 0 aromatic rings. The van der Waals surface area contributed by atoms with Crippen molar-refractivity contribution in [3.05, 3.63) is 0 Å². The number of aliphatic hydroxyl groups excluding tert-OH is 2. The first-order chi connectivity index (χ1) is 6.33. The first-order valence-corrected chi connectivity index (χ1v) is 5.30. The first-order valence-electron chi connectivity index (χ1n) is 5.30. The van der Waals surface area contributed by atoms with Crippen LogP contribution in [-0.4, -0.2) is 47.0 Å². The highest BCUT2D eigenvalue weighted by molar-refractivity contribution is 4.97. The molecule has 1 aliphatic rings. The summed E-state index contributed by atoms with van der Waals surface area (Å²) in [4.78, 5) is 2.17. The Hall–Kier alpha value is -0.120. The summed E-state index contributed by atoms with van der Waals surface area (Å²) in [5, 5.41) is 18.4. The van der Waals surface area contributed by atoms with Crippen LogP contribution in [0.4, 0.5) is 0 Å². The summed E-state index contributed by atoms with van der Waals surface area (Å²) in [7, 11) is 0. The topological polar surface area (TPSA) is 43.7 Å². The molecule has 0 saturated carbocycles. The first kappa shape index (κ1) is 12.0. The number of aliphatic hydroxyl groups is 2. The Morgan fingerprint density at radius 3 is 1.79 bits per heavy atom. The highest BCUT2D eigenvalue weighted by atomic mass is 16.3. The maximum atomic E-state index is 9.21. The van der Waals surface area contributed by atoms with E-state index in [9.17, 15) is 10.2 Å². The monoisotopic (exact) mass is 201 g/mol. The zero-order chi connectivity index (χ0) is 11.0. The molecule has 0 spiro atoms. The second-order valence-electron chi connectivity index (χ2n) is 5.78. The molecule has 1 heterocycles. The lowest BCUT2D eigenvalue weighted by atomic mass is 9.74. The van der Waals surface area contributed by atoms with Crippen LogP contribution in [0.15, 0.2) is 0 Å². The molecule has 0 aromatic heterocycles. The summed E-state index contributed by atoms with van der Waals surface area (Å²) in [6, 6.07) is 0. The fraction of sp³-hybridized carbons (Fsp3) is 1.00. The Bertz CT molecular complexity index is 188. The Balaban J connectivity index is 2.48. The molecule has 3 nitrogen and oxygen atoms in total. The van der Waals surface area contributed by atoms with E-state index in [1.165, 1.54) is 0 Å². The summed E-state index contributed by atoms with van der Waals surface area (Å²) in [6.07, 6.45) is 0. The summed E-state index contributed by atoms with van der Waals surface area (Å²) in [6.45, 7) is 10.7.